The molecule has 1 aliphatic carbocycles. The van der Waals surface area contributed by atoms with E-state index in [4.69, 9.17) is 0 Å². The van der Waals surface area contributed by atoms with Crippen LogP contribution in [-0.2, 0) is 26.6 Å². The Morgan fingerprint density at radius 1 is 0.889 bits per heavy atom. The summed E-state index contributed by atoms with van der Waals surface area (Å²) in [6, 6.07) is 15.0. The first-order valence-electron chi connectivity index (χ1n) is 12.2. The lowest BCUT2D eigenvalue weighted by Gasteiger charge is -2.25. The molecule has 0 saturated heterocycles. The molecule has 1 heterocycles. The van der Waals surface area contributed by atoms with Crippen molar-refractivity contribution in [2.24, 2.45) is 5.92 Å². The van der Waals surface area contributed by atoms with Gasteiger partial charge in [0.1, 0.15) is 0 Å². The third-order valence-electron chi connectivity index (χ3n) is 6.52. The summed E-state index contributed by atoms with van der Waals surface area (Å²) in [6.07, 6.45) is 7.70. The molecular weight excluding hydrogens is 515 g/mol. The quantitative estimate of drug-likeness (QED) is 0.282. The lowest BCUT2D eigenvalue weighted by molar-refractivity contribution is 0.305. The van der Waals surface area contributed by atoms with E-state index >= 15 is 0 Å². The SMILES string of the molecule is C[C@@H](CC1CCCCC1)NCc1ccccc1NS(=O)(=O)c1cccc(NS(=O)(=O)c2ccsc2)c1. The highest BCUT2D eigenvalue weighted by atomic mass is 32.2. The van der Waals surface area contributed by atoms with Crippen molar-refractivity contribution in [3.63, 3.8) is 0 Å². The van der Waals surface area contributed by atoms with Crippen LogP contribution in [0.5, 0.6) is 0 Å². The lowest BCUT2D eigenvalue weighted by atomic mass is 9.85. The van der Waals surface area contributed by atoms with Crippen molar-refractivity contribution in [1.29, 1.82) is 0 Å². The predicted molar refractivity (Wildman–Crippen MR) is 146 cm³/mol. The number of para-hydroxylation sites is 1. The van der Waals surface area contributed by atoms with Crippen molar-refractivity contribution in [3.8, 4) is 0 Å². The van der Waals surface area contributed by atoms with E-state index in [1.807, 2.05) is 12.1 Å². The van der Waals surface area contributed by atoms with E-state index in [0.717, 1.165) is 17.9 Å². The van der Waals surface area contributed by atoms with Gasteiger partial charge in [0.25, 0.3) is 20.0 Å². The Morgan fingerprint density at radius 3 is 2.39 bits per heavy atom. The summed E-state index contributed by atoms with van der Waals surface area (Å²) in [5.74, 6) is 0.763. The van der Waals surface area contributed by atoms with Gasteiger partial charge in [0.15, 0.2) is 0 Å². The van der Waals surface area contributed by atoms with Crippen LogP contribution in [0.4, 0.5) is 11.4 Å². The second-order valence-corrected chi connectivity index (χ2v) is 13.5. The minimum Gasteiger partial charge on any atom is -0.310 e. The molecular formula is C26H33N3O4S3. The van der Waals surface area contributed by atoms with Crippen LogP contribution in [0, 0.1) is 5.92 Å². The lowest BCUT2D eigenvalue weighted by Crippen LogP contribution is -2.29. The number of thiophene rings is 1. The van der Waals surface area contributed by atoms with Gasteiger partial charge in [0, 0.05) is 18.0 Å². The molecule has 1 aromatic heterocycles. The molecule has 3 aromatic rings. The van der Waals surface area contributed by atoms with Crippen LogP contribution in [0.2, 0.25) is 0 Å². The van der Waals surface area contributed by atoms with E-state index in [2.05, 4.69) is 21.7 Å². The molecule has 194 valence electrons. The van der Waals surface area contributed by atoms with Crippen molar-refractivity contribution in [1.82, 2.24) is 5.32 Å². The highest BCUT2D eigenvalue weighted by molar-refractivity contribution is 7.93. The zero-order chi connectivity index (χ0) is 25.6. The summed E-state index contributed by atoms with van der Waals surface area (Å²) in [4.78, 5) is 0.111. The first kappa shape index (κ1) is 26.7. The molecule has 1 fully saturated rings. The Kier molecular flexibility index (Phi) is 8.71. The number of anilines is 2. The molecule has 0 bridgehead atoms. The number of rotatable bonds is 11. The van der Waals surface area contributed by atoms with Gasteiger partial charge >= 0.3 is 0 Å². The van der Waals surface area contributed by atoms with Gasteiger partial charge in [-0.15, -0.1) is 0 Å². The van der Waals surface area contributed by atoms with Crippen molar-refractivity contribution >= 4 is 42.8 Å². The maximum absolute atomic E-state index is 13.2. The van der Waals surface area contributed by atoms with E-state index < -0.39 is 20.0 Å². The molecule has 2 aromatic carbocycles. The molecule has 0 unspecified atom stereocenters. The second kappa shape index (κ2) is 11.8. The normalized spacial score (nSPS) is 15.9. The van der Waals surface area contributed by atoms with E-state index in [1.54, 1.807) is 17.5 Å². The van der Waals surface area contributed by atoms with Gasteiger partial charge < -0.3 is 5.32 Å². The predicted octanol–water partition coefficient (Wildman–Crippen LogP) is 5.80. The molecule has 1 atom stereocenters. The summed E-state index contributed by atoms with van der Waals surface area (Å²) in [7, 11) is -7.73. The first-order valence-corrected chi connectivity index (χ1v) is 16.1. The topological polar surface area (TPSA) is 104 Å². The van der Waals surface area contributed by atoms with Gasteiger partial charge in [0.2, 0.25) is 0 Å². The van der Waals surface area contributed by atoms with Crippen LogP contribution >= 0.6 is 11.3 Å². The molecule has 0 amide bonds. The Labute approximate surface area is 218 Å². The fraction of sp³-hybridized carbons (Fsp3) is 0.385. The van der Waals surface area contributed by atoms with E-state index in [1.165, 1.54) is 79.2 Å². The Balaban J connectivity index is 1.43. The average molecular weight is 548 g/mol. The third-order valence-corrected chi connectivity index (χ3v) is 10.1. The summed E-state index contributed by atoms with van der Waals surface area (Å²) in [5, 5.41) is 6.74. The average Bonchev–Trinajstić information content (AvgIpc) is 3.40. The molecule has 0 spiro atoms. The van der Waals surface area contributed by atoms with Gasteiger partial charge in [0.05, 0.1) is 21.2 Å². The number of benzene rings is 2. The minimum atomic E-state index is -3.94. The molecule has 0 aliphatic heterocycles. The number of nitrogens with one attached hydrogen (secondary N) is 3. The van der Waals surface area contributed by atoms with E-state index in [9.17, 15) is 16.8 Å². The highest BCUT2D eigenvalue weighted by Gasteiger charge is 2.20. The van der Waals surface area contributed by atoms with Crippen molar-refractivity contribution < 1.29 is 16.8 Å². The zero-order valence-electron chi connectivity index (χ0n) is 20.3. The van der Waals surface area contributed by atoms with Crippen LogP contribution in [0.25, 0.3) is 0 Å². The van der Waals surface area contributed by atoms with Crippen molar-refractivity contribution in [2.45, 2.75) is 67.8 Å². The van der Waals surface area contributed by atoms with Gasteiger partial charge in [-0.1, -0.05) is 56.4 Å². The maximum atomic E-state index is 13.2. The summed E-state index contributed by atoms with van der Waals surface area (Å²) < 4.78 is 56.6. The van der Waals surface area contributed by atoms with Gasteiger partial charge in [-0.05, 0) is 60.5 Å². The molecule has 7 nitrogen and oxygen atoms in total. The third kappa shape index (κ3) is 7.09. The smallest absolute Gasteiger partial charge is 0.262 e. The molecule has 1 saturated carbocycles. The van der Waals surface area contributed by atoms with Gasteiger partial charge in [-0.3, -0.25) is 9.44 Å². The van der Waals surface area contributed by atoms with Crippen LogP contribution in [0.1, 0.15) is 51.0 Å². The first-order chi connectivity index (χ1) is 17.2. The van der Waals surface area contributed by atoms with Crippen LogP contribution < -0.4 is 14.8 Å². The summed E-state index contributed by atoms with van der Waals surface area (Å²) >= 11 is 1.27. The zero-order valence-corrected chi connectivity index (χ0v) is 22.8. The van der Waals surface area contributed by atoms with Crippen molar-refractivity contribution in [3.05, 3.63) is 70.9 Å². The Morgan fingerprint density at radius 2 is 1.64 bits per heavy atom. The minimum absolute atomic E-state index is 0.0264. The molecule has 36 heavy (non-hydrogen) atoms. The largest absolute Gasteiger partial charge is 0.310 e. The molecule has 10 heteroatoms. The van der Waals surface area contributed by atoms with Gasteiger partial charge in [-0.2, -0.15) is 11.3 Å². The molecule has 0 radical (unpaired) electrons. The molecule has 1 aliphatic rings. The number of hydrogen-bond donors (Lipinski definition) is 3. The Bertz CT molecular complexity index is 1350. The fourth-order valence-corrected chi connectivity index (χ4v) is 7.84. The van der Waals surface area contributed by atoms with Gasteiger partial charge in [-0.25, -0.2) is 16.8 Å². The second-order valence-electron chi connectivity index (χ2n) is 9.38. The number of sulfonamides is 2. The monoisotopic (exact) mass is 547 g/mol. The van der Waals surface area contributed by atoms with Crippen LogP contribution in [0.3, 0.4) is 0 Å². The van der Waals surface area contributed by atoms with E-state index in [-0.39, 0.29) is 15.5 Å². The maximum Gasteiger partial charge on any atom is 0.262 e. The standard InChI is InChI=1S/C26H33N3O4S3/c1-20(16-21-8-3-2-4-9-21)27-18-22-10-5-6-13-26(22)29-35(30,31)24-12-7-11-23(17-24)28-36(32,33)25-14-15-34-19-25/h5-7,10-15,17,19-21,27-29H,2-4,8-9,16,18H2,1H3/t20-/m0/s1. The molecule has 3 N–H and O–H groups in total. The fourth-order valence-electron chi connectivity index (χ4n) is 4.61. The Hall–Kier alpha value is -2.40. The summed E-state index contributed by atoms with van der Waals surface area (Å²) in [6.45, 7) is 2.73. The summed E-state index contributed by atoms with van der Waals surface area (Å²) in [5.41, 5.74) is 1.53. The number of hydrogen-bond acceptors (Lipinski definition) is 6. The van der Waals surface area contributed by atoms with Crippen LogP contribution in [0.15, 0.2) is 75.1 Å². The molecule has 4 rings (SSSR count). The van der Waals surface area contributed by atoms with Crippen molar-refractivity contribution in [2.75, 3.05) is 9.44 Å². The van der Waals surface area contributed by atoms with E-state index in [0.29, 0.717) is 18.3 Å². The highest BCUT2D eigenvalue weighted by Crippen LogP contribution is 2.28. The van der Waals surface area contributed by atoms with Crippen LogP contribution in [-0.4, -0.2) is 22.9 Å².